The van der Waals surface area contributed by atoms with Crippen LogP contribution >= 0.6 is 24.0 Å². The summed E-state index contributed by atoms with van der Waals surface area (Å²) in [6, 6.07) is 13.9. The molecule has 168 valence electrons. The van der Waals surface area contributed by atoms with E-state index in [0.717, 1.165) is 48.1 Å². The molecule has 8 nitrogen and oxygen atoms in total. The lowest BCUT2D eigenvalue weighted by molar-refractivity contribution is -0.117. The van der Waals surface area contributed by atoms with Gasteiger partial charge in [0.2, 0.25) is 5.91 Å². The van der Waals surface area contributed by atoms with E-state index in [4.69, 9.17) is 4.99 Å². The molecule has 9 heteroatoms. The molecule has 0 saturated carbocycles. The maximum atomic E-state index is 11.9. The number of rotatable bonds is 7. The molecule has 0 aliphatic carbocycles. The fourth-order valence-corrected chi connectivity index (χ4v) is 3.50. The first kappa shape index (κ1) is 23.7. The van der Waals surface area contributed by atoms with E-state index in [0.29, 0.717) is 19.5 Å². The van der Waals surface area contributed by atoms with Crippen molar-refractivity contribution in [3.8, 4) is 5.82 Å². The van der Waals surface area contributed by atoms with Crippen LogP contribution in [0.25, 0.3) is 5.82 Å². The van der Waals surface area contributed by atoms with Gasteiger partial charge in [-0.1, -0.05) is 12.1 Å². The molecule has 1 amide bonds. The minimum absolute atomic E-state index is 0. The highest BCUT2D eigenvalue weighted by Crippen LogP contribution is 2.21. The number of aliphatic imine (C=N–C) groups is 1. The minimum atomic E-state index is 0. The summed E-state index contributed by atoms with van der Waals surface area (Å²) in [7, 11) is 0. The van der Waals surface area contributed by atoms with Gasteiger partial charge in [-0.2, -0.15) is 5.10 Å². The number of nitrogens with one attached hydrogen (secondary N) is 2. The van der Waals surface area contributed by atoms with Gasteiger partial charge in [0.25, 0.3) is 0 Å². The van der Waals surface area contributed by atoms with Crippen molar-refractivity contribution in [2.24, 2.45) is 4.99 Å². The number of pyridine rings is 1. The van der Waals surface area contributed by atoms with Crippen molar-refractivity contribution in [2.45, 2.75) is 32.9 Å². The Balaban J connectivity index is 0.00000289. The first-order valence-electron chi connectivity index (χ1n) is 10.6. The zero-order valence-corrected chi connectivity index (χ0v) is 20.4. The van der Waals surface area contributed by atoms with Crippen LogP contribution in [-0.2, 0) is 17.9 Å². The van der Waals surface area contributed by atoms with Crippen LogP contribution < -0.4 is 15.5 Å². The highest BCUT2D eigenvalue weighted by molar-refractivity contribution is 14.0. The van der Waals surface area contributed by atoms with E-state index >= 15 is 0 Å². The Kier molecular flexibility index (Phi) is 8.60. The lowest BCUT2D eigenvalue weighted by Crippen LogP contribution is -2.36. The van der Waals surface area contributed by atoms with E-state index in [1.165, 1.54) is 0 Å². The second-order valence-corrected chi connectivity index (χ2v) is 7.34. The number of aromatic nitrogens is 3. The second-order valence-electron chi connectivity index (χ2n) is 7.34. The Hall–Kier alpha value is -2.95. The third-order valence-electron chi connectivity index (χ3n) is 5.09. The molecule has 3 aromatic rings. The van der Waals surface area contributed by atoms with E-state index in [1.807, 2.05) is 48.4 Å². The van der Waals surface area contributed by atoms with Crippen molar-refractivity contribution in [1.29, 1.82) is 0 Å². The van der Waals surface area contributed by atoms with E-state index in [-0.39, 0.29) is 29.9 Å². The van der Waals surface area contributed by atoms with Crippen molar-refractivity contribution < 1.29 is 4.79 Å². The Labute approximate surface area is 205 Å². The van der Waals surface area contributed by atoms with Gasteiger partial charge in [-0.15, -0.1) is 24.0 Å². The van der Waals surface area contributed by atoms with Gasteiger partial charge < -0.3 is 15.5 Å². The van der Waals surface area contributed by atoms with Crippen LogP contribution in [0.2, 0.25) is 0 Å². The zero-order chi connectivity index (χ0) is 21.5. The summed E-state index contributed by atoms with van der Waals surface area (Å²) in [4.78, 5) is 22.8. The third-order valence-corrected chi connectivity index (χ3v) is 5.09. The molecule has 2 N–H and O–H groups in total. The summed E-state index contributed by atoms with van der Waals surface area (Å²) >= 11 is 0. The smallest absolute Gasteiger partial charge is 0.227 e. The van der Waals surface area contributed by atoms with Crippen LogP contribution in [-0.4, -0.2) is 39.7 Å². The number of hydrogen-bond donors (Lipinski definition) is 2. The average molecular weight is 545 g/mol. The standard InChI is InChI=1S/C23H27N7O.HI/c1-2-24-23(27-17-19-10-12-25-21(15-19)30-14-4-11-28-30)26-16-18-6-8-20(9-7-18)29-13-3-5-22(29)31;/h4,6-12,14-15H,2-3,5,13,16-17H2,1H3,(H2,24,26,27);1H. The van der Waals surface area contributed by atoms with Crippen LogP contribution in [0.3, 0.4) is 0 Å². The van der Waals surface area contributed by atoms with Crippen molar-refractivity contribution >= 4 is 41.5 Å². The number of nitrogens with zero attached hydrogens (tertiary/aromatic N) is 5. The zero-order valence-electron chi connectivity index (χ0n) is 18.1. The predicted molar refractivity (Wildman–Crippen MR) is 136 cm³/mol. The van der Waals surface area contributed by atoms with E-state index in [1.54, 1.807) is 17.1 Å². The fraction of sp³-hybridized carbons (Fsp3) is 0.304. The highest BCUT2D eigenvalue weighted by Gasteiger charge is 2.21. The summed E-state index contributed by atoms with van der Waals surface area (Å²) in [5, 5.41) is 10.9. The SMILES string of the molecule is CCNC(=NCc1ccnc(-n2cccn2)c1)NCc1ccc(N2CCCC2=O)cc1.I. The number of anilines is 1. The number of halogens is 1. The number of benzene rings is 1. The molecular weight excluding hydrogens is 517 g/mol. The first-order valence-corrected chi connectivity index (χ1v) is 10.6. The van der Waals surface area contributed by atoms with Crippen LogP contribution in [0.1, 0.15) is 30.9 Å². The summed E-state index contributed by atoms with van der Waals surface area (Å²) in [5.41, 5.74) is 3.15. The van der Waals surface area contributed by atoms with E-state index < -0.39 is 0 Å². The van der Waals surface area contributed by atoms with Gasteiger partial charge in [0.15, 0.2) is 11.8 Å². The van der Waals surface area contributed by atoms with E-state index in [9.17, 15) is 4.79 Å². The maximum Gasteiger partial charge on any atom is 0.227 e. The predicted octanol–water partition coefficient (Wildman–Crippen LogP) is 3.27. The molecule has 0 spiro atoms. The molecule has 1 aromatic carbocycles. The Morgan fingerprint density at radius 1 is 1.12 bits per heavy atom. The molecule has 0 atom stereocenters. The lowest BCUT2D eigenvalue weighted by atomic mass is 10.2. The molecule has 0 unspecified atom stereocenters. The fourth-order valence-electron chi connectivity index (χ4n) is 3.50. The van der Waals surface area contributed by atoms with Crippen LogP contribution in [0.15, 0.2) is 66.0 Å². The average Bonchev–Trinajstić information content (AvgIpc) is 3.48. The van der Waals surface area contributed by atoms with Gasteiger partial charge in [-0.25, -0.2) is 14.7 Å². The number of amides is 1. The Bertz CT molecular complexity index is 1030. The molecule has 2 aromatic heterocycles. The molecule has 32 heavy (non-hydrogen) atoms. The summed E-state index contributed by atoms with van der Waals surface area (Å²) in [6.45, 7) is 4.81. The number of carbonyl (C=O) groups is 1. The third kappa shape index (κ3) is 6.06. The van der Waals surface area contributed by atoms with Crippen LogP contribution in [0, 0.1) is 0 Å². The Morgan fingerprint density at radius 3 is 2.66 bits per heavy atom. The topological polar surface area (TPSA) is 87.4 Å². The van der Waals surface area contributed by atoms with Gasteiger partial charge in [0, 0.05) is 50.3 Å². The van der Waals surface area contributed by atoms with Crippen molar-refractivity contribution in [1.82, 2.24) is 25.4 Å². The molecule has 1 fully saturated rings. The number of guanidine groups is 1. The second kappa shape index (κ2) is 11.6. The molecule has 0 bridgehead atoms. The van der Waals surface area contributed by atoms with Gasteiger partial charge >= 0.3 is 0 Å². The number of hydrogen-bond acceptors (Lipinski definition) is 4. The largest absolute Gasteiger partial charge is 0.357 e. The van der Waals surface area contributed by atoms with Crippen molar-refractivity contribution in [2.75, 3.05) is 18.0 Å². The van der Waals surface area contributed by atoms with Gasteiger partial charge in [-0.3, -0.25) is 4.79 Å². The van der Waals surface area contributed by atoms with Crippen LogP contribution in [0.4, 0.5) is 5.69 Å². The number of carbonyl (C=O) groups excluding carboxylic acids is 1. The summed E-state index contributed by atoms with van der Waals surface area (Å²) in [5.74, 6) is 1.73. The monoisotopic (exact) mass is 545 g/mol. The van der Waals surface area contributed by atoms with Crippen LogP contribution in [0.5, 0.6) is 0 Å². The van der Waals surface area contributed by atoms with Gasteiger partial charge in [0.1, 0.15) is 0 Å². The highest BCUT2D eigenvalue weighted by atomic mass is 127. The van der Waals surface area contributed by atoms with Gasteiger partial charge in [0.05, 0.1) is 6.54 Å². The molecule has 3 heterocycles. The maximum absolute atomic E-state index is 11.9. The van der Waals surface area contributed by atoms with Gasteiger partial charge in [-0.05, 0) is 54.8 Å². The quantitative estimate of drug-likeness (QED) is 0.271. The summed E-state index contributed by atoms with van der Waals surface area (Å²) in [6.07, 6.45) is 6.95. The lowest BCUT2D eigenvalue weighted by Gasteiger charge is -2.16. The molecule has 1 saturated heterocycles. The van der Waals surface area contributed by atoms with Crippen molar-refractivity contribution in [3.63, 3.8) is 0 Å². The molecule has 1 aliphatic rings. The normalized spacial score (nSPS) is 13.7. The van der Waals surface area contributed by atoms with Crippen molar-refractivity contribution in [3.05, 3.63) is 72.2 Å². The minimum Gasteiger partial charge on any atom is -0.357 e. The molecule has 1 aliphatic heterocycles. The first-order chi connectivity index (χ1) is 15.2. The molecule has 0 radical (unpaired) electrons. The summed E-state index contributed by atoms with van der Waals surface area (Å²) < 4.78 is 1.73. The Morgan fingerprint density at radius 2 is 1.97 bits per heavy atom. The molecule has 4 rings (SSSR count). The van der Waals surface area contributed by atoms with E-state index in [2.05, 4.69) is 32.8 Å². The molecular formula is C23H28IN7O.